The highest BCUT2D eigenvalue weighted by atomic mass is 16.6. The monoisotopic (exact) mass is 286 g/mol. The van der Waals surface area contributed by atoms with Crippen LogP contribution >= 0.6 is 0 Å². The lowest BCUT2D eigenvalue weighted by atomic mass is 10.1. The summed E-state index contributed by atoms with van der Waals surface area (Å²) in [4.78, 5) is 23.9. The van der Waals surface area contributed by atoms with E-state index in [2.05, 4.69) is 4.74 Å². The van der Waals surface area contributed by atoms with E-state index in [0.717, 1.165) is 5.69 Å². The predicted octanol–water partition coefficient (Wildman–Crippen LogP) is 3.15. The first-order valence-electron chi connectivity index (χ1n) is 6.20. The molecule has 0 radical (unpaired) electrons. The van der Waals surface area contributed by atoms with Gasteiger partial charge in [0, 0.05) is 18.8 Å². The molecule has 0 saturated carbocycles. The molecular weight excluding hydrogens is 272 g/mol. The van der Waals surface area contributed by atoms with Gasteiger partial charge in [0.05, 0.1) is 17.6 Å². The standard InChI is InChI=1S/C15H14N2O4/c1-16(12-6-4-3-5-7-12)14-10-11(15(18)21-2)8-9-13(14)17(19)20/h3-10H,1-2H3. The van der Waals surface area contributed by atoms with Crippen LogP contribution in [0.4, 0.5) is 17.1 Å². The lowest BCUT2D eigenvalue weighted by molar-refractivity contribution is -0.384. The second-order valence-electron chi connectivity index (χ2n) is 4.35. The van der Waals surface area contributed by atoms with Gasteiger partial charge < -0.3 is 9.64 Å². The van der Waals surface area contributed by atoms with Crippen molar-refractivity contribution in [3.63, 3.8) is 0 Å². The lowest BCUT2D eigenvalue weighted by Crippen LogP contribution is -2.13. The van der Waals surface area contributed by atoms with Gasteiger partial charge in [0.2, 0.25) is 0 Å². The van der Waals surface area contributed by atoms with Crippen LogP contribution in [-0.4, -0.2) is 25.1 Å². The molecule has 21 heavy (non-hydrogen) atoms. The van der Waals surface area contributed by atoms with Crippen molar-refractivity contribution in [3.05, 3.63) is 64.2 Å². The Labute approximate surface area is 121 Å². The molecule has 0 aliphatic carbocycles. The number of nitro benzene ring substituents is 1. The molecule has 0 bridgehead atoms. The second kappa shape index (κ2) is 6.04. The minimum absolute atomic E-state index is 0.0750. The molecule has 0 N–H and O–H groups in total. The Balaban J connectivity index is 2.53. The maximum Gasteiger partial charge on any atom is 0.337 e. The second-order valence-corrected chi connectivity index (χ2v) is 4.35. The number of benzene rings is 2. The summed E-state index contributed by atoms with van der Waals surface area (Å²) >= 11 is 0. The highest BCUT2D eigenvalue weighted by Crippen LogP contribution is 2.33. The molecule has 2 aromatic carbocycles. The molecule has 0 aromatic heterocycles. The summed E-state index contributed by atoms with van der Waals surface area (Å²) < 4.78 is 4.65. The maximum atomic E-state index is 11.6. The quantitative estimate of drug-likeness (QED) is 0.490. The van der Waals surface area contributed by atoms with Gasteiger partial charge in [-0.3, -0.25) is 10.1 Å². The Morgan fingerprint density at radius 1 is 1.19 bits per heavy atom. The highest BCUT2D eigenvalue weighted by Gasteiger charge is 2.20. The molecule has 0 atom stereocenters. The highest BCUT2D eigenvalue weighted by molar-refractivity contribution is 5.92. The molecule has 0 amide bonds. The molecule has 0 saturated heterocycles. The third kappa shape index (κ3) is 3.00. The largest absolute Gasteiger partial charge is 0.465 e. The van der Waals surface area contributed by atoms with Crippen LogP contribution in [0.25, 0.3) is 0 Å². The number of carbonyl (C=O) groups excluding carboxylic acids is 1. The number of hydrogen-bond donors (Lipinski definition) is 0. The van der Waals surface area contributed by atoms with Gasteiger partial charge in [-0.2, -0.15) is 0 Å². The van der Waals surface area contributed by atoms with E-state index in [1.54, 1.807) is 11.9 Å². The smallest absolute Gasteiger partial charge is 0.337 e. The summed E-state index contributed by atoms with van der Waals surface area (Å²) in [5.74, 6) is -0.535. The molecule has 108 valence electrons. The number of anilines is 2. The van der Waals surface area contributed by atoms with E-state index in [9.17, 15) is 14.9 Å². The van der Waals surface area contributed by atoms with E-state index < -0.39 is 10.9 Å². The first kappa shape index (κ1) is 14.5. The van der Waals surface area contributed by atoms with Crippen molar-refractivity contribution < 1.29 is 14.5 Å². The van der Waals surface area contributed by atoms with Gasteiger partial charge in [0.1, 0.15) is 5.69 Å². The summed E-state index contributed by atoms with van der Waals surface area (Å²) in [6.07, 6.45) is 0. The number of esters is 1. The van der Waals surface area contributed by atoms with Crippen molar-refractivity contribution in [3.8, 4) is 0 Å². The normalized spacial score (nSPS) is 10.0. The van der Waals surface area contributed by atoms with Crippen molar-refractivity contribution in [2.45, 2.75) is 0 Å². The van der Waals surface area contributed by atoms with E-state index in [0.29, 0.717) is 5.69 Å². The average Bonchev–Trinajstić information content (AvgIpc) is 2.53. The van der Waals surface area contributed by atoms with E-state index in [1.807, 2.05) is 30.3 Å². The van der Waals surface area contributed by atoms with Crippen LogP contribution < -0.4 is 4.90 Å². The van der Waals surface area contributed by atoms with Crippen molar-refractivity contribution in [1.29, 1.82) is 0 Å². The summed E-state index contributed by atoms with van der Waals surface area (Å²) in [5, 5.41) is 11.2. The van der Waals surface area contributed by atoms with Crippen LogP contribution in [0.1, 0.15) is 10.4 Å². The minimum Gasteiger partial charge on any atom is -0.465 e. The Bertz CT molecular complexity index is 671. The predicted molar refractivity (Wildman–Crippen MR) is 78.9 cm³/mol. The van der Waals surface area contributed by atoms with Crippen molar-refractivity contribution in [2.75, 3.05) is 19.1 Å². The Hall–Kier alpha value is -2.89. The SMILES string of the molecule is COC(=O)c1ccc([N+](=O)[O-])c(N(C)c2ccccc2)c1. The zero-order chi connectivity index (χ0) is 15.4. The van der Waals surface area contributed by atoms with Gasteiger partial charge in [0.25, 0.3) is 5.69 Å². The van der Waals surface area contributed by atoms with Gasteiger partial charge in [-0.15, -0.1) is 0 Å². The number of para-hydroxylation sites is 1. The first-order chi connectivity index (χ1) is 10.0. The molecule has 0 fully saturated rings. The van der Waals surface area contributed by atoms with Crippen molar-refractivity contribution in [1.82, 2.24) is 0 Å². The van der Waals surface area contributed by atoms with Gasteiger partial charge in [-0.05, 0) is 24.3 Å². The third-order valence-electron chi connectivity index (χ3n) is 3.10. The van der Waals surface area contributed by atoms with Crippen LogP contribution in [0, 0.1) is 10.1 Å². The summed E-state index contributed by atoms with van der Waals surface area (Å²) in [6, 6.07) is 13.3. The van der Waals surface area contributed by atoms with Crippen LogP contribution in [0.3, 0.4) is 0 Å². The van der Waals surface area contributed by atoms with Gasteiger partial charge >= 0.3 is 5.97 Å². The van der Waals surface area contributed by atoms with Crippen molar-refractivity contribution in [2.24, 2.45) is 0 Å². The van der Waals surface area contributed by atoms with E-state index in [4.69, 9.17) is 0 Å². The molecule has 0 aliphatic heterocycles. The summed E-state index contributed by atoms with van der Waals surface area (Å²) in [6.45, 7) is 0. The lowest BCUT2D eigenvalue weighted by Gasteiger charge is -2.19. The summed E-state index contributed by atoms with van der Waals surface area (Å²) in [5.41, 5.74) is 1.30. The van der Waals surface area contributed by atoms with Crippen LogP contribution in [-0.2, 0) is 4.74 Å². The maximum absolute atomic E-state index is 11.6. The number of hydrogen-bond acceptors (Lipinski definition) is 5. The fraction of sp³-hybridized carbons (Fsp3) is 0.133. The molecule has 0 aliphatic rings. The van der Waals surface area contributed by atoms with Crippen LogP contribution in [0.5, 0.6) is 0 Å². The van der Waals surface area contributed by atoms with Crippen molar-refractivity contribution >= 4 is 23.0 Å². The molecule has 2 aromatic rings. The van der Waals surface area contributed by atoms with Gasteiger partial charge in [-0.25, -0.2) is 4.79 Å². The number of methoxy groups -OCH3 is 1. The Morgan fingerprint density at radius 3 is 2.43 bits per heavy atom. The number of nitro groups is 1. The first-order valence-corrected chi connectivity index (χ1v) is 6.20. The van der Waals surface area contributed by atoms with E-state index in [1.165, 1.54) is 25.3 Å². The zero-order valence-corrected chi connectivity index (χ0v) is 11.6. The molecule has 6 heteroatoms. The van der Waals surface area contributed by atoms with Crippen LogP contribution in [0.2, 0.25) is 0 Å². The molecule has 0 unspecified atom stereocenters. The molecule has 0 spiro atoms. The van der Waals surface area contributed by atoms with Gasteiger partial charge in [0.15, 0.2) is 0 Å². The minimum atomic E-state index is -0.535. The number of carbonyl (C=O) groups is 1. The number of ether oxygens (including phenoxy) is 1. The molecular formula is C15H14N2O4. The fourth-order valence-corrected chi connectivity index (χ4v) is 1.98. The van der Waals surface area contributed by atoms with Crippen LogP contribution in [0.15, 0.2) is 48.5 Å². The summed E-state index contributed by atoms with van der Waals surface area (Å²) in [7, 11) is 2.98. The molecule has 0 heterocycles. The average molecular weight is 286 g/mol. The Morgan fingerprint density at radius 2 is 1.86 bits per heavy atom. The van der Waals surface area contributed by atoms with Gasteiger partial charge in [-0.1, -0.05) is 18.2 Å². The molecule has 2 rings (SSSR count). The fourth-order valence-electron chi connectivity index (χ4n) is 1.98. The molecule has 6 nitrogen and oxygen atoms in total. The Kier molecular flexibility index (Phi) is 4.18. The zero-order valence-electron chi connectivity index (χ0n) is 11.6. The topological polar surface area (TPSA) is 72.7 Å². The van der Waals surface area contributed by atoms with E-state index in [-0.39, 0.29) is 11.3 Å². The third-order valence-corrected chi connectivity index (χ3v) is 3.10. The number of rotatable bonds is 4. The number of nitrogens with zero attached hydrogens (tertiary/aromatic N) is 2. The van der Waals surface area contributed by atoms with E-state index >= 15 is 0 Å².